The second-order valence-corrected chi connectivity index (χ2v) is 5.97. The third kappa shape index (κ3) is 4.70. The minimum Gasteiger partial charge on any atom is -0.489 e. The standard InChI is InChI=1S/C21H17NO5/c23-21(24)13-18-10-9-17(12-20(18)22(25)26)16-7-4-8-19(11-16)27-14-15-5-2-1-3-6-15/h1-12H,13-14H2,(H,23,24). The highest BCUT2D eigenvalue weighted by Crippen LogP contribution is 2.30. The molecule has 0 radical (unpaired) electrons. The molecule has 0 aliphatic heterocycles. The average molecular weight is 363 g/mol. The van der Waals surface area contributed by atoms with E-state index in [-0.39, 0.29) is 11.3 Å². The first-order valence-corrected chi connectivity index (χ1v) is 8.29. The Labute approximate surface area is 155 Å². The van der Waals surface area contributed by atoms with Gasteiger partial charge in [0.05, 0.1) is 11.3 Å². The largest absolute Gasteiger partial charge is 0.489 e. The maximum atomic E-state index is 11.3. The highest BCUT2D eigenvalue weighted by atomic mass is 16.6. The number of carbonyl (C=O) groups is 1. The molecule has 136 valence electrons. The van der Waals surface area contributed by atoms with E-state index in [1.807, 2.05) is 48.5 Å². The highest BCUT2D eigenvalue weighted by Gasteiger charge is 2.17. The van der Waals surface area contributed by atoms with Crippen LogP contribution in [0.5, 0.6) is 5.75 Å². The van der Waals surface area contributed by atoms with Gasteiger partial charge in [-0.25, -0.2) is 0 Å². The zero-order valence-corrected chi connectivity index (χ0v) is 14.4. The van der Waals surface area contributed by atoms with Crippen molar-refractivity contribution in [3.63, 3.8) is 0 Å². The Kier molecular flexibility index (Phi) is 5.47. The molecule has 27 heavy (non-hydrogen) atoms. The van der Waals surface area contributed by atoms with Crippen LogP contribution >= 0.6 is 0 Å². The molecule has 0 heterocycles. The van der Waals surface area contributed by atoms with Crippen LogP contribution in [-0.2, 0) is 17.8 Å². The zero-order chi connectivity index (χ0) is 19.2. The summed E-state index contributed by atoms with van der Waals surface area (Å²) in [7, 11) is 0. The molecule has 0 saturated carbocycles. The quantitative estimate of drug-likeness (QED) is 0.494. The third-order valence-corrected chi connectivity index (χ3v) is 4.04. The molecule has 0 unspecified atom stereocenters. The van der Waals surface area contributed by atoms with Crippen LogP contribution in [0.1, 0.15) is 11.1 Å². The molecule has 3 aromatic carbocycles. The maximum Gasteiger partial charge on any atom is 0.308 e. The number of rotatable bonds is 7. The predicted octanol–water partition coefficient (Wildman–Crippen LogP) is 4.47. The lowest BCUT2D eigenvalue weighted by Gasteiger charge is -2.09. The summed E-state index contributed by atoms with van der Waals surface area (Å²) in [5, 5.41) is 20.2. The summed E-state index contributed by atoms with van der Waals surface area (Å²) in [5.74, 6) is -0.462. The Morgan fingerprint density at radius 1 is 0.963 bits per heavy atom. The van der Waals surface area contributed by atoms with E-state index in [9.17, 15) is 14.9 Å². The first kappa shape index (κ1) is 18.1. The van der Waals surface area contributed by atoms with Gasteiger partial charge in [-0.2, -0.15) is 0 Å². The summed E-state index contributed by atoms with van der Waals surface area (Å²) in [6.07, 6.45) is -0.392. The summed E-state index contributed by atoms with van der Waals surface area (Å²) in [5.41, 5.74) is 2.39. The smallest absolute Gasteiger partial charge is 0.308 e. The third-order valence-electron chi connectivity index (χ3n) is 4.04. The van der Waals surface area contributed by atoms with Gasteiger partial charge in [0.25, 0.3) is 5.69 Å². The van der Waals surface area contributed by atoms with Gasteiger partial charge in [-0.1, -0.05) is 54.6 Å². The van der Waals surface area contributed by atoms with Crippen LogP contribution in [0.25, 0.3) is 11.1 Å². The molecule has 3 rings (SSSR count). The molecule has 0 fully saturated rings. The van der Waals surface area contributed by atoms with Crippen molar-refractivity contribution < 1.29 is 19.6 Å². The number of ether oxygens (including phenoxy) is 1. The Balaban J connectivity index is 1.84. The summed E-state index contributed by atoms with van der Waals surface area (Å²) >= 11 is 0. The van der Waals surface area contributed by atoms with Crippen LogP contribution in [0.3, 0.4) is 0 Å². The van der Waals surface area contributed by atoms with Crippen molar-refractivity contribution in [2.45, 2.75) is 13.0 Å². The van der Waals surface area contributed by atoms with E-state index in [1.54, 1.807) is 12.1 Å². The molecular formula is C21H17NO5. The molecule has 0 atom stereocenters. The number of benzene rings is 3. The molecule has 3 aromatic rings. The number of carboxylic acid groups (broad SMARTS) is 1. The molecule has 0 saturated heterocycles. The Hall–Kier alpha value is -3.67. The van der Waals surface area contributed by atoms with Crippen LogP contribution in [0.15, 0.2) is 72.8 Å². The number of nitro groups is 1. The van der Waals surface area contributed by atoms with E-state index in [2.05, 4.69) is 0 Å². The summed E-state index contributed by atoms with van der Waals surface area (Å²) in [6.45, 7) is 0.419. The molecular weight excluding hydrogens is 346 g/mol. The number of aliphatic carboxylic acids is 1. The van der Waals surface area contributed by atoms with Crippen molar-refractivity contribution >= 4 is 11.7 Å². The fourth-order valence-electron chi connectivity index (χ4n) is 2.73. The molecule has 0 aliphatic rings. The van der Waals surface area contributed by atoms with Crippen LogP contribution in [0, 0.1) is 10.1 Å². The predicted molar refractivity (Wildman–Crippen MR) is 101 cm³/mol. The molecule has 1 N–H and O–H groups in total. The van der Waals surface area contributed by atoms with Gasteiger partial charge in [0.2, 0.25) is 0 Å². The summed E-state index contributed by atoms with van der Waals surface area (Å²) < 4.78 is 5.80. The molecule has 0 amide bonds. The summed E-state index contributed by atoms with van der Waals surface area (Å²) in [6, 6.07) is 21.6. The van der Waals surface area contributed by atoms with E-state index in [1.165, 1.54) is 12.1 Å². The summed E-state index contributed by atoms with van der Waals surface area (Å²) in [4.78, 5) is 21.6. The number of nitro benzene ring substituents is 1. The van der Waals surface area contributed by atoms with Gasteiger partial charge in [0, 0.05) is 11.6 Å². The SMILES string of the molecule is O=C(O)Cc1ccc(-c2cccc(OCc3ccccc3)c2)cc1[N+](=O)[O-]. The van der Waals surface area contributed by atoms with E-state index < -0.39 is 17.3 Å². The zero-order valence-electron chi connectivity index (χ0n) is 14.4. The van der Waals surface area contributed by atoms with Crippen molar-refractivity contribution in [2.24, 2.45) is 0 Å². The fourth-order valence-corrected chi connectivity index (χ4v) is 2.73. The Bertz CT molecular complexity index is 969. The van der Waals surface area contributed by atoms with Gasteiger partial charge in [0.1, 0.15) is 12.4 Å². The van der Waals surface area contributed by atoms with Gasteiger partial charge in [0.15, 0.2) is 0 Å². The van der Waals surface area contributed by atoms with Crippen molar-refractivity contribution in [3.05, 3.63) is 94.0 Å². The van der Waals surface area contributed by atoms with E-state index in [0.29, 0.717) is 17.9 Å². The van der Waals surface area contributed by atoms with E-state index >= 15 is 0 Å². The van der Waals surface area contributed by atoms with Crippen LogP contribution < -0.4 is 4.74 Å². The van der Waals surface area contributed by atoms with Crippen molar-refractivity contribution in [3.8, 4) is 16.9 Å². The lowest BCUT2D eigenvalue weighted by Crippen LogP contribution is -2.03. The first-order valence-electron chi connectivity index (χ1n) is 8.29. The fraction of sp³-hybridized carbons (Fsp3) is 0.0952. The van der Waals surface area contributed by atoms with E-state index in [0.717, 1.165) is 11.1 Å². The maximum absolute atomic E-state index is 11.3. The molecule has 0 spiro atoms. The average Bonchev–Trinajstić information content (AvgIpc) is 2.67. The first-order chi connectivity index (χ1) is 13.0. The number of carboxylic acids is 1. The minimum atomic E-state index is -1.11. The van der Waals surface area contributed by atoms with Gasteiger partial charge >= 0.3 is 5.97 Å². The molecule has 6 nitrogen and oxygen atoms in total. The Morgan fingerprint density at radius 2 is 1.70 bits per heavy atom. The van der Waals surface area contributed by atoms with Crippen LogP contribution in [-0.4, -0.2) is 16.0 Å². The van der Waals surface area contributed by atoms with Crippen LogP contribution in [0.2, 0.25) is 0 Å². The minimum absolute atomic E-state index is 0.174. The normalized spacial score (nSPS) is 10.4. The second kappa shape index (κ2) is 8.14. The molecule has 6 heteroatoms. The van der Waals surface area contributed by atoms with Crippen molar-refractivity contribution in [1.29, 1.82) is 0 Å². The van der Waals surface area contributed by atoms with E-state index in [4.69, 9.17) is 9.84 Å². The number of hydrogen-bond acceptors (Lipinski definition) is 4. The van der Waals surface area contributed by atoms with Crippen molar-refractivity contribution in [1.82, 2.24) is 0 Å². The van der Waals surface area contributed by atoms with Crippen LogP contribution in [0.4, 0.5) is 5.69 Å². The molecule has 0 aliphatic carbocycles. The Morgan fingerprint density at radius 3 is 2.41 bits per heavy atom. The van der Waals surface area contributed by atoms with Gasteiger partial charge in [-0.05, 0) is 28.8 Å². The van der Waals surface area contributed by atoms with Gasteiger partial charge in [-0.15, -0.1) is 0 Å². The van der Waals surface area contributed by atoms with Gasteiger partial charge in [-0.3, -0.25) is 14.9 Å². The topological polar surface area (TPSA) is 89.7 Å². The second-order valence-electron chi connectivity index (χ2n) is 5.97. The molecule has 0 aromatic heterocycles. The number of nitrogens with zero attached hydrogens (tertiary/aromatic N) is 1. The monoisotopic (exact) mass is 363 g/mol. The highest BCUT2D eigenvalue weighted by molar-refractivity contribution is 5.75. The van der Waals surface area contributed by atoms with Crippen molar-refractivity contribution in [2.75, 3.05) is 0 Å². The molecule has 0 bridgehead atoms. The van der Waals surface area contributed by atoms with Gasteiger partial charge < -0.3 is 9.84 Å². The lowest BCUT2D eigenvalue weighted by atomic mass is 10.0. The lowest BCUT2D eigenvalue weighted by molar-refractivity contribution is -0.385. The number of hydrogen-bond donors (Lipinski definition) is 1.